The Bertz CT molecular complexity index is 635. The van der Waals surface area contributed by atoms with E-state index in [1.807, 2.05) is 19.1 Å². The average Bonchev–Trinajstić information content (AvgIpc) is 2.26. The maximum Gasteiger partial charge on any atom is 0.299 e. The van der Waals surface area contributed by atoms with E-state index in [-0.39, 0.29) is 6.54 Å². The Kier molecular flexibility index (Phi) is 5.17. The van der Waals surface area contributed by atoms with Crippen LogP contribution in [0.3, 0.4) is 0 Å². The van der Waals surface area contributed by atoms with Gasteiger partial charge in [0.2, 0.25) is 0 Å². The molecule has 6 heteroatoms. The topological polar surface area (TPSA) is 84.2 Å². The van der Waals surface area contributed by atoms with Gasteiger partial charge in [0.15, 0.2) is 0 Å². The van der Waals surface area contributed by atoms with E-state index in [2.05, 4.69) is 21.3 Å². The standard InChI is InChI=1S/C14H21N3O2S/c1-11-7-8-13(12(10-11)6-5-9-15)16-20(18,19)17-14(2,3)4/h7-8,10,16-17H,9,15H2,1-4H3. The predicted octanol–water partition coefficient (Wildman–Crippen LogP) is 1.35. The molecule has 0 unspecified atom stereocenters. The fourth-order valence-corrected chi connectivity index (χ4v) is 2.89. The van der Waals surface area contributed by atoms with Gasteiger partial charge in [-0.25, -0.2) is 0 Å². The van der Waals surface area contributed by atoms with Gasteiger partial charge in [-0.2, -0.15) is 13.1 Å². The van der Waals surface area contributed by atoms with Gasteiger partial charge in [0.1, 0.15) is 0 Å². The summed E-state index contributed by atoms with van der Waals surface area (Å²) in [5.74, 6) is 5.60. The summed E-state index contributed by atoms with van der Waals surface area (Å²) in [6.45, 7) is 7.46. The summed E-state index contributed by atoms with van der Waals surface area (Å²) in [4.78, 5) is 0. The SMILES string of the molecule is Cc1ccc(NS(=O)(=O)NC(C)(C)C)c(C#CCN)c1. The van der Waals surface area contributed by atoms with Crippen LogP contribution >= 0.6 is 0 Å². The summed E-state index contributed by atoms with van der Waals surface area (Å²) < 4.78 is 29.1. The van der Waals surface area contributed by atoms with Crippen molar-refractivity contribution in [3.05, 3.63) is 29.3 Å². The summed E-state index contributed by atoms with van der Waals surface area (Å²) in [5.41, 5.74) is 6.84. The molecule has 0 saturated heterocycles. The number of aryl methyl sites for hydroxylation is 1. The maximum absolute atomic E-state index is 12.0. The molecule has 0 amide bonds. The third-order valence-corrected chi connectivity index (χ3v) is 3.55. The molecule has 5 nitrogen and oxygen atoms in total. The lowest BCUT2D eigenvalue weighted by Gasteiger charge is -2.21. The lowest BCUT2D eigenvalue weighted by Crippen LogP contribution is -2.43. The van der Waals surface area contributed by atoms with Gasteiger partial charge < -0.3 is 5.73 Å². The van der Waals surface area contributed by atoms with Gasteiger partial charge in [0.25, 0.3) is 10.2 Å². The molecule has 110 valence electrons. The smallest absolute Gasteiger partial charge is 0.299 e. The molecule has 0 aliphatic rings. The Morgan fingerprint density at radius 2 is 1.95 bits per heavy atom. The van der Waals surface area contributed by atoms with E-state index in [1.165, 1.54) is 0 Å². The first-order chi connectivity index (χ1) is 9.13. The molecule has 1 aromatic rings. The van der Waals surface area contributed by atoms with E-state index >= 15 is 0 Å². The Morgan fingerprint density at radius 3 is 2.50 bits per heavy atom. The fraction of sp³-hybridized carbons (Fsp3) is 0.429. The summed E-state index contributed by atoms with van der Waals surface area (Å²) in [6, 6.07) is 5.33. The normalized spacial score (nSPS) is 11.7. The number of benzene rings is 1. The Balaban J connectivity index is 3.09. The number of hydrogen-bond acceptors (Lipinski definition) is 3. The van der Waals surface area contributed by atoms with Crippen LogP contribution in [0.25, 0.3) is 0 Å². The summed E-state index contributed by atoms with van der Waals surface area (Å²) in [6.07, 6.45) is 0. The highest BCUT2D eigenvalue weighted by Crippen LogP contribution is 2.18. The van der Waals surface area contributed by atoms with Crippen LogP contribution in [-0.2, 0) is 10.2 Å². The second kappa shape index (κ2) is 6.27. The van der Waals surface area contributed by atoms with Crippen LogP contribution in [0.4, 0.5) is 5.69 Å². The molecule has 0 aliphatic heterocycles. The molecule has 0 aromatic heterocycles. The number of nitrogens with one attached hydrogen (secondary N) is 2. The Hall–Kier alpha value is -1.55. The summed E-state index contributed by atoms with van der Waals surface area (Å²) in [5, 5.41) is 0. The van der Waals surface area contributed by atoms with Gasteiger partial charge in [-0.15, -0.1) is 0 Å². The van der Waals surface area contributed by atoms with Gasteiger partial charge in [-0.1, -0.05) is 17.9 Å². The van der Waals surface area contributed by atoms with Crippen molar-refractivity contribution in [2.24, 2.45) is 5.73 Å². The minimum atomic E-state index is -3.65. The zero-order valence-electron chi connectivity index (χ0n) is 12.2. The molecule has 4 N–H and O–H groups in total. The van der Waals surface area contributed by atoms with Crippen molar-refractivity contribution in [1.82, 2.24) is 4.72 Å². The molecule has 1 rings (SSSR count). The number of hydrogen-bond donors (Lipinski definition) is 3. The van der Waals surface area contributed by atoms with Gasteiger partial charge in [0.05, 0.1) is 12.2 Å². The van der Waals surface area contributed by atoms with Crippen molar-refractivity contribution in [2.75, 3.05) is 11.3 Å². The van der Waals surface area contributed by atoms with Crippen LogP contribution < -0.4 is 15.2 Å². The van der Waals surface area contributed by atoms with E-state index in [1.54, 1.807) is 26.8 Å². The van der Waals surface area contributed by atoms with E-state index < -0.39 is 15.7 Å². The monoisotopic (exact) mass is 295 g/mol. The van der Waals surface area contributed by atoms with Crippen molar-refractivity contribution in [3.8, 4) is 11.8 Å². The first kappa shape index (κ1) is 16.5. The fourth-order valence-electron chi connectivity index (χ4n) is 1.57. The molecule has 20 heavy (non-hydrogen) atoms. The number of nitrogens with two attached hydrogens (primary N) is 1. The molecule has 1 aromatic carbocycles. The van der Waals surface area contributed by atoms with Crippen LogP contribution in [0.2, 0.25) is 0 Å². The highest BCUT2D eigenvalue weighted by atomic mass is 32.2. The molecular weight excluding hydrogens is 274 g/mol. The van der Waals surface area contributed by atoms with Gasteiger partial charge in [0, 0.05) is 11.1 Å². The summed E-state index contributed by atoms with van der Waals surface area (Å²) >= 11 is 0. The second-order valence-corrected chi connectivity index (χ2v) is 6.93. The molecular formula is C14H21N3O2S. The van der Waals surface area contributed by atoms with Crippen molar-refractivity contribution >= 4 is 15.9 Å². The summed E-state index contributed by atoms with van der Waals surface area (Å²) in [7, 11) is -3.65. The van der Waals surface area contributed by atoms with Crippen molar-refractivity contribution in [2.45, 2.75) is 33.2 Å². The first-order valence-corrected chi connectivity index (χ1v) is 7.72. The molecule has 0 atom stereocenters. The van der Waals surface area contributed by atoms with Crippen molar-refractivity contribution < 1.29 is 8.42 Å². The lowest BCUT2D eigenvalue weighted by molar-refractivity contribution is 0.494. The van der Waals surface area contributed by atoms with E-state index in [9.17, 15) is 8.42 Å². The van der Waals surface area contributed by atoms with E-state index in [0.29, 0.717) is 11.3 Å². The van der Waals surface area contributed by atoms with Gasteiger partial charge in [-0.3, -0.25) is 4.72 Å². The number of anilines is 1. The minimum absolute atomic E-state index is 0.223. The molecule has 0 radical (unpaired) electrons. The van der Waals surface area contributed by atoms with Crippen molar-refractivity contribution in [3.63, 3.8) is 0 Å². The van der Waals surface area contributed by atoms with Crippen LogP contribution in [-0.4, -0.2) is 20.5 Å². The van der Waals surface area contributed by atoms with E-state index in [0.717, 1.165) is 5.56 Å². The minimum Gasteiger partial charge on any atom is -0.320 e. The quantitative estimate of drug-likeness (QED) is 0.736. The Labute approximate surface area is 121 Å². The van der Waals surface area contributed by atoms with E-state index in [4.69, 9.17) is 5.73 Å². The third kappa shape index (κ3) is 5.61. The van der Waals surface area contributed by atoms with Crippen LogP contribution in [0.5, 0.6) is 0 Å². The predicted molar refractivity (Wildman–Crippen MR) is 82.5 cm³/mol. The van der Waals surface area contributed by atoms with Crippen LogP contribution in [0.1, 0.15) is 31.9 Å². The molecule has 0 aliphatic carbocycles. The van der Waals surface area contributed by atoms with Gasteiger partial charge >= 0.3 is 0 Å². The molecule has 0 bridgehead atoms. The molecule has 0 saturated carbocycles. The Morgan fingerprint density at radius 1 is 1.30 bits per heavy atom. The zero-order chi connectivity index (χ0) is 15.4. The highest BCUT2D eigenvalue weighted by molar-refractivity contribution is 7.90. The average molecular weight is 295 g/mol. The highest BCUT2D eigenvalue weighted by Gasteiger charge is 2.20. The van der Waals surface area contributed by atoms with Gasteiger partial charge in [-0.05, 0) is 45.4 Å². The largest absolute Gasteiger partial charge is 0.320 e. The maximum atomic E-state index is 12.0. The second-order valence-electron chi connectivity index (χ2n) is 5.51. The molecule has 0 spiro atoms. The number of rotatable bonds is 3. The lowest BCUT2D eigenvalue weighted by atomic mass is 10.1. The third-order valence-electron chi connectivity index (χ3n) is 2.19. The van der Waals surface area contributed by atoms with Crippen LogP contribution in [0, 0.1) is 18.8 Å². The van der Waals surface area contributed by atoms with Crippen molar-refractivity contribution in [1.29, 1.82) is 0 Å². The van der Waals surface area contributed by atoms with Crippen LogP contribution in [0.15, 0.2) is 18.2 Å². The first-order valence-electron chi connectivity index (χ1n) is 6.24. The zero-order valence-corrected chi connectivity index (χ0v) is 13.1. The molecule has 0 fully saturated rings. The molecule has 0 heterocycles.